The Hall–Kier alpha value is -2.83. The van der Waals surface area contributed by atoms with Crippen molar-refractivity contribution < 1.29 is 14.3 Å². The van der Waals surface area contributed by atoms with Crippen molar-refractivity contribution in [2.75, 3.05) is 11.9 Å². The maximum Gasteiger partial charge on any atom is 0.287 e. The molecule has 0 saturated carbocycles. The number of rotatable bonds is 5. The first-order valence-electron chi connectivity index (χ1n) is 9.75. The van der Waals surface area contributed by atoms with Crippen LogP contribution in [0, 0.1) is 0 Å². The lowest BCUT2D eigenvalue weighted by atomic mass is 10.1. The van der Waals surface area contributed by atoms with Gasteiger partial charge in [-0.15, -0.1) is 0 Å². The highest BCUT2D eigenvalue weighted by Gasteiger charge is 2.29. The fraction of sp³-hybridized carbons (Fsp3) is 0.476. The number of hydrogen-bond donors (Lipinski definition) is 2. The zero-order valence-corrected chi connectivity index (χ0v) is 17.0. The minimum atomic E-state index is -0.378. The summed E-state index contributed by atoms with van der Waals surface area (Å²) in [5.74, 6) is 0.321. The van der Waals surface area contributed by atoms with Crippen LogP contribution in [-0.4, -0.2) is 33.5 Å². The summed E-state index contributed by atoms with van der Waals surface area (Å²) in [6, 6.07) is 7.29. The molecule has 7 heteroatoms. The number of nitrogens with zero attached hydrogens (tertiary/aromatic N) is 2. The number of imidazole rings is 1. The van der Waals surface area contributed by atoms with Crippen molar-refractivity contribution in [2.24, 2.45) is 0 Å². The van der Waals surface area contributed by atoms with Crippen LogP contribution in [-0.2, 0) is 13.0 Å². The van der Waals surface area contributed by atoms with Crippen molar-refractivity contribution in [1.82, 2.24) is 14.9 Å². The van der Waals surface area contributed by atoms with Crippen molar-refractivity contribution in [3.63, 3.8) is 0 Å². The molecule has 1 aliphatic heterocycles. The van der Waals surface area contributed by atoms with Crippen LogP contribution in [0.5, 0.6) is 5.75 Å². The van der Waals surface area contributed by atoms with E-state index in [2.05, 4.69) is 15.6 Å². The van der Waals surface area contributed by atoms with Crippen LogP contribution in [0.4, 0.5) is 5.69 Å². The second-order valence-corrected chi connectivity index (χ2v) is 7.93. The van der Waals surface area contributed by atoms with E-state index in [1.165, 1.54) is 0 Å². The standard InChI is InChI=1S/C21H28N4O3/c1-5-28-16-12-7-6-10-14(16)22-19(26)17-15-11-8-9-13-25(15)18(23-17)20(27)24-21(2,3)4/h6-7,10,12H,5,8-9,11,13H2,1-4H3,(H,22,26)(H,24,27). The maximum atomic E-state index is 13.0. The molecule has 0 radical (unpaired) electrons. The minimum Gasteiger partial charge on any atom is -0.492 e. The molecule has 0 unspecified atom stereocenters. The van der Waals surface area contributed by atoms with Gasteiger partial charge >= 0.3 is 0 Å². The van der Waals surface area contributed by atoms with E-state index in [0.717, 1.165) is 25.0 Å². The summed E-state index contributed by atoms with van der Waals surface area (Å²) >= 11 is 0. The quantitative estimate of drug-likeness (QED) is 0.827. The number of anilines is 1. The van der Waals surface area contributed by atoms with Crippen molar-refractivity contribution in [2.45, 2.75) is 59.0 Å². The van der Waals surface area contributed by atoms with E-state index >= 15 is 0 Å². The van der Waals surface area contributed by atoms with Gasteiger partial charge in [-0.1, -0.05) is 12.1 Å². The molecule has 0 bridgehead atoms. The monoisotopic (exact) mass is 384 g/mol. The van der Waals surface area contributed by atoms with Gasteiger partial charge in [0.2, 0.25) is 0 Å². The lowest BCUT2D eigenvalue weighted by Crippen LogP contribution is -2.42. The number of fused-ring (bicyclic) bond motifs is 1. The minimum absolute atomic E-state index is 0.260. The molecule has 2 heterocycles. The van der Waals surface area contributed by atoms with Gasteiger partial charge in [0.1, 0.15) is 5.75 Å². The Morgan fingerprint density at radius 1 is 1.18 bits per heavy atom. The molecule has 0 atom stereocenters. The SMILES string of the molecule is CCOc1ccccc1NC(=O)c1nc(C(=O)NC(C)(C)C)n2c1CCCC2. The molecule has 1 aromatic heterocycles. The number of aromatic nitrogens is 2. The average Bonchev–Trinajstić information content (AvgIpc) is 3.02. The predicted octanol–water partition coefficient (Wildman–Crippen LogP) is 3.40. The van der Waals surface area contributed by atoms with Crippen LogP contribution in [0.15, 0.2) is 24.3 Å². The van der Waals surface area contributed by atoms with Gasteiger partial charge in [-0.2, -0.15) is 0 Å². The Morgan fingerprint density at radius 3 is 2.64 bits per heavy atom. The third kappa shape index (κ3) is 4.35. The van der Waals surface area contributed by atoms with E-state index in [0.29, 0.717) is 36.1 Å². The third-order valence-corrected chi connectivity index (χ3v) is 4.46. The summed E-state index contributed by atoms with van der Waals surface area (Å²) < 4.78 is 7.46. The second-order valence-electron chi connectivity index (χ2n) is 7.93. The van der Waals surface area contributed by atoms with Crippen molar-refractivity contribution in [3.8, 4) is 5.75 Å². The van der Waals surface area contributed by atoms with E-state index in [-0.39, 0.29) is 17.4 Å². The first-order chi connectivity index (χ1) is 13.3. The molecule has 1 aliphatic rings. The fourth-order valence-corrected chi connectivity index (χ4v) is 3.33. The molecule has 3 rings (SSSR count). The summed E-state index contributed by atoms with van der Waals surface area (Å²) in [4.78, 5) is 30.2. The number of carbonyl (C=O) groups excluding carboxylic acids is 2. The first-order valence-corrected chi connectivity index (χ1v) is 9.75. The third-order valence-electron chi connectivity index (χ3n) is 4.46. The highest BCUT2D eigenvalue weighted by atomic mass is 16.5. The zero-order chi connectivity index (χ0) is 20.3. The highest BCUT2D eigenvalue weighted by Crippen LogP contribution is 2.26. The van der Waals surface area contributed by atoms with Gasteiger partial charge in [-0.05, 0) is 59.1 Å². The van der Waals surface area contributed by atoms with E-state index < -0.39 is 0 Å². The molecular weight excluding hydrogens is 356 g/mol. The Bertz CT molecular complexity index is 880. The van der Waals surface area contributed by atoms with Crippen molar-refractivity contribution >= 4 is 17.5 Å². The lowest BCUT2D eigenvalue weighted by molar-refractivity contribution is 0.0903. The maximum absolute atomic E-state index is 13.0. The Morgan fingerprint density at radius 2 is 1.93 bits per heavy atom. The molecular formula is C21H28N4O3. The van der Waals surface area contributed by atoms with Gasteiger partial charge in [-0.25, -0.2) is 4.98 Å². The van der Waals surface area contributed by atoms with E-state index in [4.69, 9.17) is 4.74 Å². The molecule has 1 aromatic carbocycles. The average molecular weight is 384 g/mol. The lowest BCUT2D eigenvalue weighted by Gasteiger charge is -2.22. The summed E-state index contributed by atoms with van der Waals surface area (Å²) in [6.07, 6.45) is 2.67. The van der Waals surface area contributed by atoms with E-state index in [9.17, 15) is 9.59 Å². The van der Waals surface area contributed by atoms with Gasteiger partial charge < -0.3 is 19.9 Å². The fourth-order valence-electron chi connectivity index (χ4n) is 3.33. The topological polar surface area (TPSA) is 85.2 Å². The molecule has 0 spiro atoms. The molecule has 0 saturated heterocycles. The molecule has 0 fully saturated rings. The van der Waals surface area contributed by atoms with Gasteiger partial charge in [0.25, 0.3) is 11.8 Å². The van der Waals surface area contributed by atoms with Crippen LogP contribution < -0.4 is 15.4 Å². The number of nitrogens with one attached hydrogen (secondary N) is 2. The van der Waals surface area contributed by atoms with Gasteiger partial charge in [-0.3, -0.25) is 9.59 Å². The first kappa shape index (κ1) is 19.9. The predicted molar refractivity (Wildman–Crippen MR) is 108 cm³/mol. The van der Waals surface area contributed by atoms with Crippen LogP contribution in [0.3, 0.4) is 0 Å². The van der Waals surface area contributed by atoms with Gasteiger partial charge in [0, 0.05) is 12.1 Å². The largest absolute Gasteiger partial charge is 0.492 e. The molecule has 2 aromatic rings. The van der Waals surface area contributed by atoms with Crippen molar-refractivity contribution in [1.29, 1.82) is 0 Å². The summed E-state index contributed by atoms with van der Waals surface area (Å²) in [7, 11) is 0. The number of amides is 2. The molecule has 150 valence electrons. The number of benzene rings is 1. The second kappa shape index (κ2) is 8.04. The van der Waals surface area contributed by atoms with Crippen LogP contribution >= 0.6 is 0 Å². The molecule has 2 amide bonds. The van der Waals surface area contributed by atoms with Crippen LogP contribution in [0.25, 0.3) is 0 Å². The molecule has 2 N–H and O–H groups in total. The summed E-state index contributed by atoms with van der Waals surface area (Å²) in [5.41, 5.74) is 1.34. The van der Waals surface area contributed by atoms with Gasteiger partial charge in [0.15, 0.2) is 11.5 Å². The Balaban J connectivity index is 1.92. The molecule has 0 aliphatic carbocycles. The highest BCUT2D eigenvalue weighted by molar-refractivity contribution is 6.05. The molecule has 28 heavy (non-hydrogen) atoms. The number of para-hydroxylation sites is 2. The number of carbonyl (C=O) groups is 2. The number of hydrogen-bond acceptors (Lipinski definition) is 4. The van der Waals surface area contributed by atoms with Crippen LogP contribution in [0.1, 0.15) is 67.3 Å². The van der Waals surface area contributed by atoms with Crippen molar-refractivity contribution in [3.05, 3.63) is 41.5 Å². The smallest absolute Gasteiger partial charge is 0.287 e. The zero-order valence-electron chi connectivity index (χ0n) is 17.0. The Labute approximate surface area is 165 Å². The van der Waals surface area contributed by atoms with E-state index in [1.807, 2.05) is 50.5 Å². The molecule has 7 nitrogen and oxygen atoms in total. The number of ether oxygens (including phenoxy) is 1. The van der Waals surface area contributed by atoms with Gasteiger partial charge in [0.05, 0.1) is 18.0 Å². The summed E-state index contributed by atoms with van der Waals surface area (Å²) in [6.45, 7) is 8.85. The van der Waals surface area contributed by atoms with Crippen LogP contribution in [0.2, 0.25) is 0 Å². The summed E-state index contributed by atoms with van der Waals surface area (Å²) in [5, 5.41) is 5.83. The Kier molecular flexibility index (Phi) is 5.72. The normalized spacial score (nSPS) is 13.6. The van der Waals surface area contributed by atoms with E-state index in [1.54, 1.807) is 6.07 Å².